The van der Waals surface area contributed by atoms with Crippen LogP contribution in [0.4, 0.5) is 0 Å². The third kappa shape index (κ3) is 5.48. The largest absolute Gasteiger partial charge is 0.387 e. The van der Waals surface area contributed by atoms with E-state index in [1.165, 1.54) is 12.8 Å². The van der Waals surface area contributed by atoms with Crippen molar-refractivity contribution < 1.29 is 9.90 Å². The minimum atomic E-state index is -0.387. The topological polar surface area (TPSA) is 64.6 Å². The number of aliphatic hydroxyl groups excluding tert-OH is 1. The smallest absolute Gasteiger partial charge is 0.248 e. The summed E-state index contributed by atoms with van der Waals surface area (Å²) in [5.41, 5.74) is 0. The lowest BCUT2D eigenvalue weighted by molar-refractivity contribution is -0.133. The van der Waals surface area contributed by atoms with Crippen LogP contribution in [0.2, 0.25) is 0 Å². The van der Waals surface area contributed by atoms with Gasteiger partial charge >= 0.3 is 0 Å². The van der Waals surface area contributed by atoms with Crippen LogP contribution in [-0.2, 0) is 4.79 Å². The van der Waals surface area contributed by atoms with Crippen LogP contribution in [0.25, 0.3) is 0 Å². The highest BCUT2D eigenvalue weighted by atomic mass is 16.3. The molecule has 1 heterocycles. The lowest BCUT2D eigenvalue weighted by Crippen LogP contribution is -2.40. The Labute approximate surface area is 104 Å². The second-order valence-corrected chi connectivity index (χ2v) is 4.53. The summed E-state index contributed by atoms with van der Waals surface area (Å²) in [4.78, 5) is 13.0. The number of aliphatic hydroxyl groups is 1. The molecule has 1 aliphatic rings. The summed E-state index contributed by atoms with van der Waals surface area (Å²) >= 11 is 0. The summed E-state index contributed by atoms with van der Waals surface area (Å²) in [7, 11) is 0. The molecule has 1 saturated heterocycles. The number of hydrogen-bond donors (Lipinski definition) is 3. The third-order valence-electron chi connectivity index (χ3n) is 3.32. The first-order valence-corrected chi connectivity index (χ1v) is 6.58. The van der Waals surface area contributed by atoms with E-state index in [2.05, 4.69) is 10.6 Å². The quantitative estimate of drug-likeness (QED) is 0.523. The van der Waals surface area contributed by atoms with E-state index in [1.54, 1.807) is 4.90 Å². The van der Waals surface area contributed by atoms with Crippen LogP contribution in [0.5, 0.6) is 0 Å². The third-order valence-corrected chi connectivity index (χ3v) is 3.32. The number of likely N-dealkylation sites (N-methyl/N-ethyl adjacent to an activating group) is 1. The van der Waals surface area contributed by atoms with Gasteiger partial charge in [-0.2, -0.15) is 0 Å². The van der Waals surface area contributed by atoms with Crippen molar-refractivity contribution in [1.29, 1.82) is 0 Å². The Morgan fingerprint density at radius 3 is 2.76 bits per heavy atom. The average Bonchev–Trinajstić information content (AvgIpc) is 2.39. The highest BCUT2D eigenvalue weighted by Crippen LogP contribution is 2.09. The van der Waals surface area contributed by atoms with Crippen molar-refractivity contribution in [2.24, 2.45) is 5.92 Å². The molecule has 0 saturated carbocycles. The van der Waals surface area contributed by atoms with E-state index in [4.69, 9.17) is 5.11 Å². The van der Waals surface area contributed by atoms with Crippen LogP contribution < -0.4 is 10.6 Å². The highest BCUT2D eigenvalue weighted by molar-refractivity contribution is 5.77. The van der Waals surface area contributed by atoms with Crippen molar-refractivity contribution in [1.82, 2.24) is 15.5 Å². The first-order chi connectivity index (χ1) is 8.27. The van der Waals surface area contributed by atoms with Crippen molar-refractivity contribution in [3.05, 3.63) is 0 Å². The lowest BCUT2D eigenvalue weighted by Gasteiger charge is -2.24. The maximum absolute atomic E-state index is 11.3. The normalized spacial score (nSPS) is 17.1. The van der Waals surface area contributed by atoms with Crippen molar-refractivity contribution in [3.63, 3.8) is 0 Å². The summed E-state index contributed by atoms with van der Waals surface area (Å²) in [5.74, 6) is 0.580. The number of hydrogen-bond acceptors (Lipinski definition) is 4. The zero-order valence-electron chi connectivity index (χ0n) is 10.7. The van der Waals surface area contributed by atoms with Gasteiger partial charge in [0.2, 0.25) is 5.91 Å². The summed E-state index contributed by atoms with van der Waals surface area (Å²) in [6.45, 7) is 6.97. The van der Waals surface area contributed by atoms with E-state index in [1.807, 2.05) is 6.92 Å². The Morgan fingerprint density at radius 2 is 2.18 bits per heavy atom. The van der Waals surface area contributed by atoms with Crippen LogP contribution in [-0.4, -0.2) is 61.8 Å². The molecule has 100 valence electrons. The fourth-order valence-corrected chi connectivity index (χ4v) is 2.17. The van der Waals surface area contributed by atoms with Crippen molar-refractivity contribution in [3.8, 4) is 0 Å². The molecule has 0 unspecified atom stereocenters. The molecule has 0 aromatic carbocycles. The van der Waals surface area contributed by atoms with Crippen LogP contribution >= 0.6 is 0 Å². The van der Waals surface area contributed by atoms with Gasteiger partial charge in [-0.25, -0.2) is 0 Å². The maximum atomic E-state index is 11.3. The Kier molecular flexibility index (Phi) is 7.16. The van der Waals surface area contributed by atoms with Gasteiger partial charge in [0, 0.05) is 19.6 Å². The molecule has 0 bridgehead atoms. The van der Waals surface area contributed by atoms with Crippen molar-refractivity contribution in [2.45, 2.75) is 19.8 Å². The van der Waals surface area contributed by atoms with E-state index in [0.29, 0.717) is 13.1 Å². The number of carbonyl (C=O) groups is 1. The van der Waals surface area contributed by atoms with Crippen LogP contribution in [0.3, 0.4) is 0 Å². The molecule has 5 heteroatoms. The predicted octanol–water partition coefficient (Wildman–Crippen LogP) is -0.584. The molecule has 0 spiro atoms. The average molecular weight is 243 g/mol. The second kappa shape index (κ2) is 8.44. The van der Waals surface area contributed by atoms with Gasteiger partial charge in [0.25, 0.3) is 0 Å². The molecule has 17 heavy (non-hydrogen) atoms. The standard InChI is InChI=1S/C12H25N3O2/c1-2-15(12(17)10-16)8-7-14-9-11-3-5-13-6-4-11/h11,13-14,16H,2-10H2,1H3. The van der Waals surface area contributed by atoms with Gasteiger partial charge in [-0.15, -0.1) is 0 Å². The first-order valence-electron chi connectivity index (χ1n) is 6.58. The van der Waals surface area contributed by atoms with E-state index in [-0.39, 0.29) is 12.5 Å². The fraction of sp³-hybridized carbons (Fsp3) is 0.917. The molecule has 1 amide bonds. The van der Waals surface area contributed by atoms with Crippen LogP contribution in [0.15, 0.2) is 0 Å². The minimum absolute atomic E-state index is 0.184. The lowest BCUT2D eigenvalue weighted by atomic mass is 9.98. The number of amides is 1. The molecule has 0 aromatic heterocycles. The van der Waals surface area contributed by atoms with Gasteiger partial charge in [0.05, 0.1) is 0 Å². The molecule has 5 nitrogen and oxygen atoms in total. The summed E-state index contributed by atoms with van der Waals surface area (Å²) in [6.07, 6.45) is 2.47. The fourth-order valence-electron chi connectivity index (χ4n) is 2.17. The molecular formula is C12H25N3O2. The Balaban J connectivity index is 2.07. The van der Waals surface area contributed by atoms with Gasteiger partial charge in [-0.3, -0.25) is 4.79 Å². The molecule has 0 radical (unpaired) electrons. The minimum Gasteiger partial charge on any atom is -0.387 e. The van der Waals surface area contributed by atoms with Crippen molar-refractivity contribution in [2.75, 3.05) is 45.9 Å². The molecule has 0 atom stereocenters. The summed E-state index contributed by atoms with van der Waals surface area (Å²) < 4.78 is 0. The van der Waals surface area contributed by atoms with Gasteiger partial charge in [0.15, 0.2) is 0 Å². The van der Waals surface area contributed by atoms with Gasteiger partial charge in [-0.05, 0) is 45.3 Å². The van der Waals surface area contributed by atoms with Crippen LogP contribution in [0, 0.1) is 5.92 Å². The maximum Gasteiger partial charge on any atom is 0.248 e. The summed E-state index contributed by atoms with van der Waals surface area (Å²) in [5, 5.41) is 15.5. The SMILES string of the molecule is CCN(CCNCC1CCNCC1)C(=O)CO. The van der Waals surface area contributed by atoms with E-state index in [0.717, 1.165) is 32.1 Å². The number of nitrogens with one attached hydrogen (secondary N) is 2. The summed E-state index contributed by atoms with van der Waals surface area (Å²) in [6, 6.07) is 0. The zero-order chi connectivity index (χ0) is 12.5. The Morgan fingerprint density at radius 1 is 1.47 bits per heavy atom. The number of piperidine rings is 1. The predicted molar refractivity (Wildman–Crippen MR) is 67.8 cm³/mol. The molecule has 1 rings (SSSR count). The van der Waals surface area contributed by atoms with Gasteiger partial charge in [0.1, 0.15) is 6.61 Å². The first kappa shape index (κ1) is 14.4. The van der Waals surface area contributed by atoms with E-state index >= 15 is 0 Å². The van der Waals surface area contributed by atoms with Crippen molar-refractivity contribution >= 4 is 5.91 Å². The number of rotatable bonds is 7. The molecule has 1 aliphatic heterocycles. The molecule has 3 N–H and O–H groups in total. The van der Waals surface area contributed by atoms with E-state index in [9.17, 15) is 4.79 Å². The van der Waals surface area contributed by atoms with Gasteiger partial charge in [-0.1, -0.05) is 0 Å². The molecular weight excluding hydrogens is 218 g/mol. The number of nitrogens with zero attached hydrogens (tertiary/aromatic N) is 1. The Bertz CT molecular complexity index is 218. The van der Waals surface area contributed by atoms with E-state index < -0.39 is 0 Å². The van der Waals surface area contributed by atoms with Gasteiger partial charge < -0.3 is 20.6 Å². The highest BCUT2D eigenvalue weighted by Gasteiger charge is 2.13. The Hall–Kier alpha value is -0.650. The molecule has 0 aliphatic carbocycles. The zero-order valence-corrected chi connectivity index (χ0v) is 10.7. The monoisotopic (exact) mass is 243 g/mol. The van der Waals surface area contributed by atoms with Crippen LogP contribution in [0.1, 0.15) is 19.8 Å². The number of carbonyl (C=O) groups excluding carboxylic acids is 1. The molecule has 0 aromatic rings. The second-order valence-electron chi connectivity index (χ2n) is 4.53. The molecule has 1 fully saturated rings.